The molecule has 0 heterocycles. The van der Waals surface area contributed by atoms with Crippen molar-refractivity contribution in [3.8, 4) is 0 Å². The number of carbonyl (C=O) groups is 2. The molecule has 0 aromatic heterocycles. The first-order valence-corrected chi connectivity index (χ1v) is 9.09. The van der Waals surface area contributed by atoms with Crippen LogP contribution >= 0.6 is 0 Å². The maximum Gasteiger partial charge on any atom is 0.306 e. The van der Waals surface area contributed by atoms with Crippen LogP contribution in [0.5, 0.6) is 0 Å². The van der Waals surface area contributed by atoms with Crippen molar-refractivity contribution in [3.63, 3.8) is 0 Å². The van der Waals surface area contributed by atoms with Gasteiger partial charge in [-0.15, -0.1) is 0 Å². The highest BCUT2D eigenvalue weighted by Gasteiger charge is 2.15. The second-order valence-electron chi connectivity index (χ2n) is 5.95. The van der Waals surface area contributed by atoms with Crippen LogP contribution < -0.4 is 0 Å². The van der Waals surface area contributed by atoms with Crippen molar-refractivity contribution in [2.45, 2.75) is 90.6 Å². The highest BCUT2D eigenvalue weighted by molar-refractivity contribution is 5.70. The summed E-state index contributed by atoms with van der Waals surface area (Å²) >= 11 is 0. The van der Waals surface area contributed by atoms with Crippen molar-refractivity contribution in [2.75, 3.05) is 13.2 Å². The van der Waals surface area contributed by atoms with E-state index in [2.05, 4.69) is 13.8 Å². The zero-order chi connectivity index (χ0) is 17.3. The van der Waals surface area contributed by atoms with E-state index in [-0.39, 0.29) is 25.2 Å². The summed E-state index contributed by atoms with van der Waals surface area (Å²) in [6.07, 6.45) is 9.44. The van der Waals surface area contributed by atoms with E-state index in [0.29, 0.717) is 12.8 Å². The summed E-state index contributed by atoms with van der Waals surface area (Å²) in [5.41, 5.74) is 0. The lowest BCUT2D eigenvalue weighted by Crippen LogP contribution is -2.28. The predicted octanol–water partition coefficient (Wildman–Crippen LogP) is 3.76. The summed E-state index contributed by atoms with van der Waals surface area (Å²) in [7, 11) is 0. The Morgan fingerprint density at radius 2 is 1.35 bits per heavy atom. The fourth-order valence-corrected chi connectivity index (χ4v) is 2.20. The smallest absolute Gasteiger partial charge is 0.306 e. The molecule has 0 bridgehead atoms. The Morgan fingerprint density at radius 1 is 0.826 bits per heavy atom. The Morgan fingerprint density at radius 3 is 2.00 bits per heavy atom. The molecule has 136 valence electrons. The SMILES string of the molecule is CCCCCCCCC(=O)OC[C@H](CO)OC(=O)CCCCC. The first kappa shape index (κ1) is 21.9. The summed E-state index contributed by atoms with van der Waals surface area (Å²) in [6.45, 7) is 3.84. The normalized spacial score (nSPS) is 12.0. The van der Waals surface area contributed by atoms with E-state index >= 15 is 0 Å². The van der Waals surface area contributed by atoms with Gasteiger partial charge in [0.15, 0.2) is 6.10 Å². The molecule has 0 saturated heterocycles. The highest BCUT2D eigenvalue weighted by atomic mass is 16.6. The molecule has 0 aromatic rings. The van der Waals surface area contributed by atoms with Gasteiger partial charge in [-0.25, -0.2) is 0 Å². The van der Waals surface area contributed by atoms with Gasteiger partial charge >= 0.3 is 11.9 Å². The standard InChI is InChI=1S/C18H34O5/c1-3-5-7-8-9-11-12-17(20)22-15-16(14-19)23-18(21)13-10-6-4-2/h16,19H,3-15H2,1-2H3/t16-/m0/s1. The molecule has 0 aliphatic carbocycles. The number of esters is 2. The molecule has 0 aliphatic heterocycles. The summed E-state index contributed by atoms with van der Waals surface area (Å²) in [4.78, 5) is 23.2. The number of rotatable bonds is 15. The summed E-state index contributed by atoms with van der Waals surface area (Å²) in [5, 5.41) is 9.19. The highest BCUT2D eigenvalue weighted by Crippen LogP contribution is 2.08. The molecule has 0 fully saturated rings. The Labute approximate surface area is 140 Å². The summed E-state index contributed by atoms with van der Waals surface area (Å²) in [6, 6.07) is 0. The lowest BCUT2D eigenvalue weighted by Gasteiger charge is -2.15. The molecule has 0 amide bonds. The van der Waals surface area contributed by atoms with Crippen molar-refractivity contribution in [2.24, 2.45) is 0 Å². The summed E-state index contributed by atoms with van der Waals surface area (Å²) < 4.78 is 10.2. The largest absolute Gasteiger partial charge is 0.462 e. The van der Waals surface area contributed by atoms with Crippen LogP contribution in [0.4, 0.5) is 0 Å². The molecular weight excluding hydrogens is 296 g/mol. The van der Waals surface area contributed by atoms with Gasteiger partial charge in [0.25, 0.3) is 0 Å². The first-order chi connectivity index (χ1) is 11.1. The lowest BCUT2D eigenvalue weighted by atomic mass is 10.1. The Balaban J connectivity index is 3.71. The molecule has 5 nitrogen and oxygen atoms in total. The van der Waals surface area contributed by atoms with E-state index < -0.39 is 6.10 Å². The van der Waals surface area contributed by atoms with Gasteiger partial charge in [-0.1, -0.05) is 58.8 Å². The van der Waals surface area contributed by atoms with Gasteiger partial charge in [0.1, 0.15) is 6.61 Å². The van der Waals surface area contributed by atoms with Crippen molar-refractivity contribution in [1.82, 2.24) is 0 Å². The minimum absolute atomic E-state index is 0.0648. The molecule has 1 atom stereocenters. The van der Waals surface area contributed by atoms with E-state index in [1.807, 2.05) is 0 Å². The fourth-order valence-electron chi connectivity index (χ4n) is 2.20. The molecule has 0 spiro atoms. The number of ether oxygens (including phenoxy) is 2. The zero-order valence-electron chi connectivity index (χ0n) is 14.8. The molecule has 0 unspecified atom stereocenters. The second kappa shape index (κ2) is 15.8. The monoisotopic (exact) mass is 330 g/mol. The van der Waals surface area contributed by atoms with Crippen LogP contribution in [0.2, 0.25) is 0 Å². The minimum atomic E-state index is -0.752. The molecule has 0 saturated carbocycles. The molecule has 0 aliphatic rings. The van der Waals surface area contributed by atoms with Crippen LogP contribution in [-0.4, -0.2) is 36.4 Å². The number of unbranched alkanes of at least 4 members (excludes halogenated alkanes) is 7. The minimum Gasteiger partial charge on any atom is -0.462 e. The number of carbonyl (C=O) groups excluding carboxylic acids is 2. The van der Waals surface area contributed by atoms with E-state index in [9.17, 15) is 14.7 Å². The average Bonchev–Trinajstić information content (AvgIpc) is 2.54. The Bertz CT molecular complexity index is 304. The third-order valence-electron chi connectivity index (χ3n) is 3.65. The van der Waals surface area contributed by atoms with Gasteiger partial charge in [0.05, 0.1) is 6.61 Å². The van der Waals surface area contributed by atoms with Crippen LogP contribution in [0.15, 0.2) is 0 Å². The van der Waals surface area contributed by atoms with Gasteiger partial charge < -0.3 is 14.6 Å². The lowest BCUT2D eigenvalue weighted by molar-refractivity contribution is -0.161. The summed E-state index contributed by atoms with van der Waals surface area (Å²) in [5.74, 6) is -0.634. The van der Waals surface area contributed by atoms with Gasteiger partial charge in [-0.3, -0.25) is 9.59 Å². The van der Waals surface area contributed by atoms with Crippen LogP contribution in [0.1, 0.15) is 84.5 Å². The van der Waals surface area contributed by atoms with Gasteiger partial charge in [-0.2, -0.15) is 0 Å². The molecule has 0 radical (unpaired) electrons. The van der Waals surface area contributed by atoms with E-state index in [1.54, 1.807) is 0 Å². The number of hydrogen-bond donors (Lipinski definition) is 1. The van der Waals surface area contributed by atoms with Crippen molar-refractivity contribution in [3.05, 3.63) is 0 Å². The third-order valence-corrected chi connectivity index (χ3v) is 3.65. The topological polar surface area (TPSA) is 72.8 Å². The van der Waals surface area contributed by atoms with Gasteiger partial charge in [0.2, 0.25) is 0 Å². The van der Waals surface area contributed by atoms with E-state index in [0.717, 1.165) is 38.5 Å². The zero-order valence-corrected chi connectivity index (χ0v) is 14.8. The van der Waals surface area contributed by atoms with Crippen LogP contribution in [0, 0.1) is 0 Å². The van der Waals surface area contributed by atoms with Gasteiger partial charge in [-0.05, 0) is 12.8 Å². The Hall–Kier alpha value is -1.10. The van der Waals surface area contributed by atoms with Crippen molar-refractivity contribution >= 4 is 11.9 Å². The third kappa shape index (κ3) is 14.2. The first-order valence-electron chi connectivity index (χ1n) is 9.09. The van der Waals surface area contributed by atoms with Crippen LogP contribution in [0.3, 0.4) is 0 Å². The molecule has 5 heteroatoms. The maximum absolute atomic E-state index is 11.6. The molecule has 0 aromatic carbocycles. The number of aliphatic hydroxyl groups excluding tert-OH is 1. The molecular formula is C18H34O5. The quantitative estimate of drug-likeness (QED) is 0.365. The van der Waals surface area contributed by atoms with Gasteiger partial charge in [0, 0.05) is 12.8 Å². The Kier molecular flexibility index (Phi) is 15.0. The van der Waals surface area contributed by atoms with E-state index in [1.165, 1.54) is 19.3 Å². The van der Waals surface area contributed by atoms with Crippen LogP contribution in [-0.2, 0) is 19.1 Å². The molecule has 0 rings (SSSR count). The fraction of sp³-hybridized carbons (Fsp3) is 0.889. The average molecular weight is 330 g/mol. The number of hydrogen-bond acceptors (Lipinski definition) is 5. The van der Waals surface area contributed by atoms with E-state index in [4.69, 9.17) is 9.47 Å². The second-order valence-corrected chi connectivity index (χ2v) is 5.95. The predicted molar refractivity (Wildman–Crippen MR) is 90.1 cm³/mol. The molecule has 1 N–H and O–H groups in total. The molecule has 23 heavy (non-hydrogen) atoms. The maximum atomic E-state index is 11.6. The van der Waals surface area contributed by atoms with Crippen LogP contribution in [0.25, 0.3) is 0 Å². The van der Waals surface area contributed by atoms with Crippen molar-refractivity contribution < 1.29 is 24.2 Å². The van der Waals surface area contributed by atoms with Crippen molar-refractivity contribution in [1.29, 1.82) is 0 Å². The number of aliphatic hydroxyl groups is 1.